The van der Waals surface area contributed by atoms with Crippen LogP contribution in [0.5, 0.6) is 5.75 Å². The Bertz CT molecular complexity index is 1140. The van der Waals surface area contributed by atoms with Crippen molar-refractivity contribution in [3.8, 4) is 5.75 Å². The molecule has 2 aromatic carbocycles. The van der Waals surface area contributed by atoms with E-state index >= 15 is 0 Å². The molecule has 0 spiro atoms. The third-order valence-electron chi connectivity index (χ3n) is 5.05. The lowest BCUT2D eigenvalue weighted by molar-refractivity contribution is 0.0735. The van der Waals surface area contributed by atoms with Crippen LogP contribution >= 0.6 is 11.3 Å². The Morgan fingerprint density at radius 1 is 1.27 bits per heavy atom. The maximum Gasteiger partial charge on any atom is 0.254 e. The Balaban J connectivity index is 1.50. The van der Waals surface area contributed by atoms with Gasteiger partial charge in [0, 0.05) is 47.2 Å². The third-order valence-corrected chi connectivity index (χ3v) is 5.84. The number of hydrogen-bond donors (Lipinski definition) is 1. The Labute approximate surface area is 154 Å². The number of aromatic nitrogens is 2. The van der Waals surface area contributed by atoms with Crippen molar-refractivity contribution in [3.63, 3.8) is 0 Å². The van der Waals surface area contributed by atoms with Gasteiger partial charge in [-0.15, -0.1) is 11.3 Å². The Hall–Kier alpha value is -2.86. The molecule has 0 unspecified atom stereocenters. The molecule has 0 radical (unpaired) electrons. The van der Waals surface area contributed by atoms with Crippen LogP contribution in [0.25, 0.3) is 21.1 Å². The zero-order chi connectivity index (χ0) is 17.7. The summed E-state index contributed by atoms with van der Waals surface area (Å²) in [6.07, 6.45) is 0.834. The average Bonchev–Trinajstić information content (AvgIpc) is 3.29. The molecular weight excluding hydrogens is 346 g/mol. The Morgan fingerprint density at radius 2 is 2.19 bits per heavy atom. The van der Waals surface area contributed by atoms with E-state index in [1.54, 1.807) is 18.4 Å². The number of benzene rings is 2. The maximum absolute atomic E-state index is 13.0. The molecule has 0 saturated carbocycles. The lowest BCUT2D eigenvalue weighted by Crippen LogP contribution is -2.35. The first-order valence-electron chi connectivity index (χ1n) is 8.53. The summed E-state index contributed by atoms with van der Waals surface area (Å²) in [7, 11) is 1.67. The highest BCUT2D eigenvalue weighted by Crippen LogP contribution is 2.31. The fourth-order valence-electron chi connectivity index (χ4n) is 3.66. The highest BCUT2D eigenvalue weighted by molar-refractivity contribution is 7.16. The van der Waals surface area contributed by atoms with Crippen LogP contribution in [-0.4, -0.2) is 34.4 Å². The summed E-state index contributed by atoms with van der Waals surface area (Å²) in [6, 6.07) is 11.8. The van der Waals surface area contributed by atoms with E-state index in [0.717, 1.165) is 45.4 Å². The molecule has 0 atom stereocenters. The average molecular weight is 363 g/mol. The molecule has 0 fully saturated rings. The molecule has 1 N–H and O–H groups in total. The number of ether oxygens (including phenoxy) is 1. The molecular formula is C20H17N3O2S. The zero-order valence-corrected chi connectivity index (χ0v) is 15.1. The van der Waals surface area contributed by atoms with E-state index in [9.17, 15) is 4.79 Å². The van der Waals surface area contributed by atoms with Crippen molar-refractivity contribution in [1.82, 2.24) is 14.9 Å². The topological polar surface area (TPSA) is 58.2 Å². The molecule has 130 valence electrons. The Kier molecular flexibility index (Phi) is 3.46. The number of fused-ring (bicyclic) bond motifs is 4. The van der Waals surface area contributed by atoms with Gasteiger partial charge in [-0.25, -0.2) is 4.98 Å². The minimum Gasteiger partial charge on any atom is -0.497 e. The molecule has 5 nitrogen and oxygen atoms in total. The first-order chi connectivity index (χ1) is 12.7. The summed E-state index contributed by atoms with van der Waals surface area (Å²) in [6.45, 7) is 1.33. The second-order valence-corrected chi connectivity index (χ2v) is 7.39. The molecule has 5 rings (SSSR count). The van der Waals surface area contributed by atoms with E-state index < -0.39 is 0 Å². The number of amides is 1. The summed E-state index contributed by atoms with van der Waals surface area (Å²) in [5.41, 5.74) is 6.98. The van der Waals surface area contributed by atoms with Gasteiger partial charge < -0.3 is 14.6 Å². The van der Waals surface area contributed by atoms with Gasteiger partial charge in [0.25, 0.3) is 5.91 Å². The van der Waals surface area contributed by atoms with Gasteiger partial charge in [0.05, 0.1) is 22.8 Å². The monoisotopic (exact) mass is 363 g/mol. The van der Waals surface area contributed by atoms with E-state index in [1.165, 1.54) is 11.3 Å². The highest BCUT2D eigenvalue weighted by atomic mass is 32.1. The maximum atomic E-state index is 13.0. The molecule has 1 aliphatic rings. The number of aromatic amines is 1. The standard InChI is InChI=1S/C20H17N3O2S/c1-25-13-3-5-16-14(9-13)15-10-23(7-6-17(15)22-16)20(24)12-2-4-18-19(8-12)26-11-21-18/h2-5,8-9,11,22H,6-7,10H2,1H3. The van der Waals surface area contributed by atoms with Crippen LogP contribution in [0.4, 0.5) is 0 Å². The van der Waals surface area contributed by atoms with E-state index in [-0.39, 0.29) is 5.91 Å². The number of nitrogens with one attached hydrogen (secondary N) is 1. The summed E-state index contributed by atoms with van der Waals surface area (Å²) in [5, 5.41) is 1.13. The Morgan fingerprint density at radius 3 is 3.08 bits per heavy atom. The van der Waals surface area contributed by atoms with Crippen LogP contribution in [0.1, 0.15) is 21.6 Å². The summed E-state index contributed by atoms with van der Waals surface area (Å²) >= 11 is 1.56. The van der Waals surface area contributed by atoms with Crippen LogP contribution in [0, 0.1) is 0 Å². The quantitative estimate of drug-likeness (QED) is 0.586. The highest BCUT2D eigenvalue weighted by Gasteiger charge is 2.25. The number of hydrogen-bond acceptors (Lipinski definition) is 4. The fraction of sp³-hybridized carbons (Fsp3) is 0.200. The molecule has 1 aliphatic heterocycles. The smallest absolute Gasteiger partial charge is 0.254 e. The summed E-state index contributed by atoms with van der Waals surface area (Å²) in [4.78, 5) is 22.7. The van der Waals surface area contributed by atoms with Gasteiger partial charge in [-0.2, -0.15) is 0 Å². The van der Waals surface area contributed by atoms with Crippen LogP contribution in [0.2, 0.25) is 0 Å². The minimum absolute atomic E-state index is 0.0724. The second kappa shape index (κ2) is 5.85. The normalized spacial score (nSPS) is 14.0. The predicted molar refractivity (Wildman–Crippen MR) is 103 cm³/mol. The van der Waals surface area contributed by atoms with Crippen molar-refractivity contribution in [2.75, 3.05) is 13.7 Å². The molecule has 0 saturated heterocycles. The van der Waals surface area contributed by atoms with Gasteiger partial charge in [0.1, 0.15) is 5.75 Å². The first-order valence-corrected chi connectivity index (χ1v) is 9.41. The van der Waals surface area contributed by atoms with Crippen molar-refractivity contribution in [2.45, 2.75) is 13.0 Å². The van der Waals surface area contributed by atoms with Crippen molar-refractivity contribution in [3.05, 3.63) is 58.7 Å². The van der Waals surface area contributed by atoms with E-state index in [0.29, 0.717) is 6.54 Å². The second-order valence-electron chi connectivity index (χ2n) is 6.51. The molecule has 3 heterocycles. The third kappa shape index (κ3) is 2.37. The number of carbonyl (C=O) groups is 1. The van der Waals surface area contributed by atoms with Gasteiger partial charge in [-0.1, -0.05) is 0 Å². The molecule has 4 aromatic rings. The largest absolute Gasteiger partial charge is 0.497 e. The predicted octanol–water partition coefficient (Wildman–Crippen LogP) is 3.98. The van der Waals surface area contributed by atoms with Gasteiger partial charge in [-0.3, -0.25) is 4.79 Å². The minimum atomic E-state index is 0.0724. The fourth-order valence-corrected chi connectivity index (χ4v) is 4.38. The van der Waals surface area contributed by atoms with E-state index in [4.69, 9.17) is 4.74 Å². The van der Waals surface area contributed by atoms with Crippen LogP contribution in [0.15, 0.2) is 41.9 Å². The number of thiazole rings is 1. The zero-order valence-electron chi connectivity index (χ0n) is 14.3. The van der Waals surface area contributed by atoms with Crippen molar-refractivity contribution < 1.29 is 9.53 Å². The number of rotatable bonds is 2. The SMILES string of the molecule is COc1ccc2[nH]c3c(c2c1)CN(C(=O)c1ccc2ncsc2c1)CC3. The van der Waals surface area contributed by atoms with E-state index in [1.807, 2.05) is 46.8 Å². The number of nitrogens with zero attached hydrogens (tertiary/aromatic N) is 2. The number of H-pyrrole nitrogens is 1. The molecule has 6 heteroatoms. The first kappa shape index (κ1) is 15.4. The lowest BCUT2D eigenvalue weighted by atomic mass is 10.0. The van der Waals surface area contributed by atoms with Crippen molar-refractivity contribution in [1.29, 1.82) is 0 Å². The molecule has 26 heavy (non-hydrogen) atoms. The van der Waals surface area contributed by atoms with Gasteiger partial charge in [-0.05, 0) is 36.4 Å². The molecule has 0 aliphatic carbocycles. The van der Waals surface area contributed by atoms with Gasteiger partial charge >= 0.3 is 0 Å². The molecule has 0 bridgehead atoms. The molecule has 1 amide bonds. The van der Waals surface area contributed by atoms with Crippen molar-refractivity contribution >= 4 is 38.4 Å². The lowest BCUT2D eigenvalue weighted by Gasteiger charge is -2.27. The van der Waals surface area contributed by atoms with Crippen molar-refractivity contribution in [2.24, 2.45) is 0 Å². The summed E-state index contributed by atoms with van der Waals surface area (Å²) in [5.74, 6) is 0.904. The van der Waals surface area contributed by atoms with Gasteiger partial charge in [0.2, 0.25) is 0 Å². The van der Waals surface area contributed by atoms with E-state index in [2.05, 4.69) is 9.97 Å². The number of carbonyl (C=O) groups excluding carboxylic acids is 1. The number of methoxy groups -OCH3 is 1. The van der Waals surface area contributed by atoms with Crippen LogP contribution in [-0.2, 0) is 13.0 Å². The van der Waals surface area contributed by atoms with Gasteiger partial charge in [0.15, 0.2) is 0 Å². The van der Waals surface area contributed by atoms with Crippen LogP contribution in [0.3, 0.4) is 0 Å². The summed E-state index contributed by atoms with van der Waals surface area (Å²) < 4.78 is 6.41. The van der Waals surface area contributed by atoms with Crippen LogP contribution < -0.4 is 4.74 Å². The molecule has 2 aromatic heterocycles.